The Hall–Kier alpha value is -3.55. The molecule has 8 nitrogen and oxygen atoms in total. The lowest BCUT2D eigenvalue weighted by Gasteiger charge is -2.20. The Morgan fingerprint density at radius 2 is 1.61 bits per heavy atom. The molecule has 0 radical (unpaired) electrons. The monoisotopic (exact) mass is 428 g/mol. The minimum absolute atomic E-state index is 0.213. The van der Waals surface area contributed by atoms with E-state index in [2.05, 4.69) is 10.6 Å². The highest BCUT2D eigenvalue weighted by molar-refractivity contribution is 5.97. The molecule has 2 amide bonds. The van der Waals surface area contributed by atoms with Gasteiger partial charge in [-0.2, -0.15) is 0 Å². The number of amides is 2. The highest BCUT2D eigenvalue weighted by Crippen LogP contribution is 2.27. The molecule has 0 aromatic heterocycles. The van der Waals surface area contributed by atoms with Gasteiger partial charge in [-0.05, 0) is 35.7 Å². The Morgan fingerprint density at radius 3 is 2.23 bits per heavy atom. The van der Waals surface area contributed by atoms with Crippen molar-refractivity contribution in [1.82, 2.24) is 10.6 Å². The van der Waals surface area contributed by atoms with Crippen LogP contribution in [0.25, 0.3) is 0 Å². The lowest BCUT2D eigenvalue weighted by atomic mass is 10.0. The van der Waals surface area contributed by atoms with Crippen molar-refractivity contribution in [2.75, 3.05) is 20.8 Å². The van der Waals surface area contributed by atoms with E-state index in [9.17, 15) is 14.4 Å². The van der Waals surface area contributed by atoms with Gasteiger partial charge in [-0.3, -0.25) is 9.59 Å². The average molecular weight is 428 g/mol. The van der Waals surface area contributed by atoms with Crippen molar-refractivity contribution in [3.63, 3.8) is 0 Å². The maximum Gasteiger partial charge on any atom is 0.329 e. The summed E-state index contributed by atoms with van der Waals surface area (Å²) in [7, 11) is 3.07. The molecule has 0 spiro atoms. The third-order valence-electron chi connectivity index (χ3n) is 4.53. The number of carbonyl (C=O) groups excluding carboxylic acids is 3. The maximum atomic E-state index is 12.4. The summed E-state index contributed by atoms with van der Waals surface area (Å²) >= 11 is 0. The summed E-state index contributed by atoms with van der Waals surface area (Å²) in [4.78, 5) is 36.9. The molecule has 0 aliphatic rings. The lowest BCUT2D eigenvalue weighted by Crippen LogP contribution is -2.46. The molecule has 0 saturated carbocycles. The zero-order valence-corrected chi connectivity index (χ0v) is 18.1. The second kappa shape index (κ2) is 11.6. The second-order valence-corrected chi connectivity index (χ2v) is 7.13. The Bertz CT molecular complexity index is 898. The highest BCUT2D eigenvalue weighted by atomic mass is 16.5. The van der Waals surface area contributed by atoms with E-state index in [0.717, 1.165) is 5.56 Å². The van der Waals surface area contributed by atoms with Crippen LogP contribution in [0.15, 0.2) is 48.5 Å². The van der Waals surface area contributed by atoms with Gasteiger partial charge >= 0.3 is 5.97 Å². The molecule has 31 heavy (non-hydrogen) atoms. The minimum atomic E-state index is -0.869. The fourth-order valence-electron chi connectivity index (χ4n) is 2.78. The summed E-state index contributed by atoms with van der Waals surface area (Å²) in [6.45, 7) is 3.36. The van der Waals surface area contributed by atoms with Crippen molar-refractivity contribution >= 4 is 17.8 Å². The van der Waals surface area contributed by atoms with Crippen molar-refractivity contribution in [3.8, 4) is 11.5 Å². The standard InChI is InChI=1S/C23H28N2O6/c1-15(2)21(25-22(27)17-8-6-5-7-9-17)23(28)31-14-20(26)24-13-16-10-11-18(29-3)19(12-16)30-4/h5-12,15,21H,13-14H2,1-4H3,(H,24,26)(H,25,27)/t21-/m0/s1. The van der Waals surface area contributed by atoms with Crippen LogP contribution in [0.1, 0.15) is 29.8 Å². The van der Waals surface area contributed by atoms with Crippen molar-refractivity contribution in [3.05, 3.63) is 59.7 Å². The molecule has 0 unspecified atom stereocenters. The van der Waals surface area contributed by atoms with E-state index >= 15 is 0 Å². The van der Waals surface area contributed by atoms with Gasteiger partial charge in [0, 0.05) is 12.1 Å². The van der Waals surface area contributed by atoms with Gasteiger partial charge in [0.2, 0.25) is 0 Å². The van der Waals surface area contributed by atoms with Crippen molar-refractivity contribution in [1.29, 1.82) is 0 Å². The van der Waals surface area contributed by atoms with Gasteiger partial charge in [0.1, 0.15) is 6.04 Å². The number of nitrogens with one attached hydrogen (secondary N) is 2. The van der Waals surface area contributed by atoms with E-state index in [1.807, 2.05) is 0 Å². The predicted molar refractivity (Wildman–Crippen MR) is 115 cm³/mol. The van der Waals surface area contributed by atoms with Crippen LogP contribution in [0, 0.1) is 5.92 Å². The van der Waals surface area contributed by atoms with Crippen LogP contribution >= 0.6 is 0 Å². The second-order valence-electron chi connectivity index (χ2n) is 7.13. The fourth-order valence-corrected chi connectivity index (χ4v) is 2.78. The smallest absolute Gasteiger partial charge is 0.329 e. The molecular weight excluding hydrogens is 400 g/mol. The topological polar surface area (TPSA) is 103 Å². The van der Waals surface area contributed by atoms with Crippen molar-refractivity contribution in [2.24, 2.45) is 5.92 Å². The van der Waals surface area contributed by atoms with Gasteiger partial charge < -0.3 is 24.8 Å². The molecule has 166 valence electrons. The van der Waals surface area contributed by atoms with E-state index in [1.54, 1.807) is 69.5 Å². The van der Waals surface area contributed by atoms with Gasteiger partial charge in [-0.25, -0.2) is 4.79 Å². The van der Waals surface area contributed by atoms with E-state index < -0.39 is 24.5 Å². The van der Waals surface area contributed by atoms with E-state index in [-0.39, 0.29) is 18.4 Å². The molecule has 0 aliphatic heterocycles. The van der Waals surface area contributed by atoms with Gasteiger partial charge in [0.25, 0.3) is 11.8 Å². The van der Waals surface area contributed by atoms with Crippen LogP contribution in [0.2, 0.25) is 0 Å². The largest absolute Gasteiger partial charge is 0.493 e. The van der Waals surface area contributed by atoms with Crippen molar-refractivity contribution in [2.45, 2.75) is 26.4 Å². The molecule has 2 N–H and O–H groups in total. The fraction of sp³-hybridized carbons (Fsp3) is 0.348. The molecule has 0 heterocycles. The average Bonchev–Trinajstić information content (AvgIpc) is 2.79. The molecule has 8 heteroatoms. The molecule has 2 aromatic carbocycles. The summed E-state index contributed by atoms with van der Waals surface area (Å²) in [6, 6.07) is 13.0. The molecular formula is C23H28N2O6. The summed E-state index contributed by atoms with van der Waals surface area (Å²) in [6.07, 6.45) is 0. The SMILES string of the molecule is COc1ccc(CNC(=O)COC(=O)[C@@H](NC(=O)c2ccccc2)C(C)C)cc1OC. The zero-order chi connectivity index (χ0) is 22.8. The van der Waals surface area contributed by atoms with Crippen LogP contribution < -0.4 is 20.1 Å². The van der Waals surface area contributed by atoms with Crippen LogP contribution in [0.4, 0.5) is 0 Å². The Balaban J connectivity index is 1.86. The third-order valence-corrected chi connectivity index (χ3v) is 4.53. The number of rotatable bonds is 10. The maximum absolute atomic E-state index is 12.4. The molecule has 0 fully saturated rings. The van der Waals surface area contributed by atoms with E-state index in [1.165, 1.54) is 7.11 Å². The first-order valence-electron chi connectivity index (χ1n) is 9.85. The number of benzene rings is 2. The molecule has 1 atom stereocenters. The van der Waals surface area contributed by atoms with E-state index in [0.29, 0.717) is 17.1 Å². The predicted octanol–water partition coefficient (Wildman–Crippen LogP) is 2.32. The van der Waals surface area contributed by atoms with Crippen LogP contribution in [-0.2, 0) is 20.9 Å². The number of ether oxygens (including phenoxy) is 3. The quantitative estimate of drug-likeness (QED) is 0.563. The van der Waals surface area contributed by atoms with Crippen LogP contribution in [0.3, 0.4) is 0 Å². The van der Waals surface area contributed by atoms with Gasteiger partial charge in [-0.1, -0.05) is 38.1 Å². The molecule has 2 rings (SSSR count). The van der Waals surface area contributed by atoms with Crippen molar-refractivity contribution < 1.29 is 28.6 Å². The first kappa shape index (κ1) is 23.7. The number of hydrogen-bond donors (Lipinski definition) is 2. The number of carbonyl (C=O) groups is 3. The molecule has 0 aliphatic carbocycles. The molecule has 0 saturated heterocycles. The van der Waals surface area contributed by atoms with Gasteiger partial charge in [0.15, 0.2) is 18.1 Å². The number of hydrogen-bond acceptors (Lipinski definition) is 6. The van der Waals surface area contributed by atoms with Gasteiger partial charge in [0.05, 0.1) is 14.2 Å². The first-order valence-corrected chi connectivity index (χ1v) is 9.85. The van der Waals surface area contributed by atoms with Gasteiger partial charge in [-0.15, -0.1) is 0 Å². The lowest BCUT2D eigenvalue weighted by molar-refractivity contribution is -0.151. The zero-order valence-electron chi connectivity index (χ0n) is 18.1. The molecule has 0 bridgehead atoms. The van der Waals surface area contributed by atoms with E-state index in [4.69, 9.17) is 14.2 Å². The Kier molecular flexibility index (Phi) is 8.87. The summed E-state index contributed by atoms with van der Waals surface area (Å²) < 4.78 is 15.5. The number of methoxy groups -OCH3 is 2. The van der Waals surface area contributed by atoms with Crippen LogP contribution in [0.5, 0.6) is 11.5 Å². The highest BCUT2D eigenvalue weighted by Gasteiger charge is 2.26. The Labute approximate surface area is 181 Å². The first-order chi connectivity index (χ1) is 14.8. The summed E-state index contributed by atoms with van der Waals surface area (Å²) in [5, 5.41) is 5.34. The summed E-state index contributed by atoms with van der Waals surface area (Å²) in [5.41, 5.74) is 1.24. The normalized spacial score (nSPS) is 11.4. The van der Waals surface area contributed by atoms with Crippen LogP contribution in [-0.4, -0.2) is 44.7 Å². The minimum Gasteiger partial charge on any atom is -0.493 e. The third kappa shape index (κ3) is 7.02. The number of esters is 1. The summed E-state index contributed by atoms with van der Waals surface area (Å²) in [5.74, 6) is -0.580. The Morgan fingerprint density at radius 1 is 0.935 bits per heavy atom. The molecule has 2 aromatic rings.